The number of nitrogens with zero attached hydrogens (tertiary/aromatic N) is 4. The van der Waals surface area contributed by atoms with Gasteiger partial charge in [-0.1, -0.05) is 25.9 Å². The van der Waals surface area contributed by atoms with Crippen molar-refractivity contribution in [1.82, 2.24) is 19.9 Å². The SMILES string of the molecule is Cc1cc(CN2CCN(C(=O)C3CCN(C(=O)C(C)(C)C)CC3)CC2)on1. The average Bonchev–Trinajstić information content (AvgIpc) is 3.05. The minimum atomic E-state index is -0.352. The van der Waals surface area contributed by atoms with Crippen LogP contribution in [0.25, 0.3) is 0 Å². The molecule has 0 bridgehead atoms. The van der Waals surface area contributed by atoms with Gasteiger partial charge in [0, 0.05) is 56.7 Å². The van der Waals surface area contributed by atoms with E-state index in [1.807, 2.05) is 43.6 Å². The molecule has 2 aliphatic heterocycles. The largest absolute Gasteiger partial charge is 0.360 e. The summed E-state index contributed by atoms with van der Waals surface area (Å²) < 4.78 is 5.29. The van der Waals surface area contributed by atoms with E-state index in [2.05, 4.69) is 10.1 Å². The average molecular weight is 377 g/mol. The van der Waals surface area contributed by atoms with Gasteiger partial charge in [0.2, 0.25) is 11.8 Å². The number of piperidine rings is 1. The maximum atomic E-state index is 12.9. The summed E-state index contributed by atoms with van der Waals surface area (Å²) in [4.78, 5) is 31.5. The highest BCUT2D eigenvalue weighted by Crippen LogP contribution is 2.25. The Balaban J connectivity index is 1.44. The van der Waals surface area contributed by atoms with Crippen molar-refractivity contribution < 1.29 is 14.1 Å². The van der Waals surface area contributed by atoms with Crippen molar-refractivity contribution >= 4 is 11.8 Å². The smallest absolute Gasteiger partial charge is 0.227 e. The van der Waals surface area contributed by atoms with Crippen molar-refractivity contribution in [1.29, 1.82) is 0 Å². The van der Waals surface area contributed by atoms with Gasteiger partial charge in [0.05, 0.1) is 12.2 Å². The maximum Gasteiger partial charge on any atom is 0.227 e. The van der Waals surface area contributed by atoms with Crippen LogP contribution in [0.1, 0.15) is 45.1 Å². The fraction of sp³-hybridized carbons (Fsp3) is 0.750. The van der Waals surface area contributed by atoms with Crippen molar-refractivity contribution in [2.24, 2.45) is 11.3 Å². The zero-order valence-corrected chi connectivity index (χ0v) is 17.0. The zero-order valence-electron chi connectivity index (χ0n) is 17.0. The molecule has 0 radical (unpaired) electrons. The number of piperazine rings is 1. The summed E-state index contributed by atoms with van der Waals surface area (Å²) in [6, 6.07) is 1.96. The summed E-state index contributed by atoms with van der Waals surface area (Å²) in [5.41, 5.74) is 0.546. The molecule has 3 heterocycles. The van der Waals surface area contributed by atoms with Crippen LogP contribution in [0.4, 0.5) is 0 Å². The van der Waals surface area contributed by atoms with Gasteiger partial charge in [-0.3, -0.25) is 14.5 Å². The highest BCUT2D eigenvalue weighted by Gasteiger charge is 2.34. The Kier molecular flexibility index (Phi) is 5.89. The summed E-state index contributed by atoms with van der Waals surface area (Å²) in [5, 5.41) is 3.93. The highest BCUT2D eigenvalue weighted by atomic mass is 16.5. The summed E-state index contributed by atoms with van der Waals surface area (Å²) in [7, 11) is 0. The number of aromatic nitrogens is 1. The van der Waals surface area contributed by atoms with Gasteiger partial charge in [-0.05, 0) is 19.8 Å². The van der Waals surface area contributed by atoms with E-state index in [-0.39, 0.29) is 23.1 Å². The standard InChI is InChI=1S/C20H32N4O3/c1-15-13-17(27-21-15)14-22-9-11-23(12-10-22)18(25)16-5-7-24(8-6-16)19(26)20(2,3)4/h13,16H,5-12,14H2,1-4H3. The molecule has 0 aliphatic carbocycles. The minimum absolute atomic E-state index is 0.0532. The maximum absolute atomic E-state index is 12.9. The van der Waals surface area contributed by atoms with Crippen molar-refractivity contribution in [3.63, 3.8) is 0 Å². The minimum Gasteiger partial charge on any atom is -0.360 e. The molecule has 0 spiro atoms. The molecule has 0 saturated carbocycles. The molecule has 7 heteroatoms. The first kappa shape index (κ1) is 19.9. The third-order valence-electron chi connectivity index (χ3n) is 5.51. The van der Waals surface area contributed by atoms with E-state index < -0.39 is 0 Å². The van der Waals surface area contributed by atoms with Gasteiger partial charge in [-0.15, -0.1) is 0 Å². The Labute approximate surface area is 161 Å². The molecule has 1 aromatic heterocycles. The Morgan fingerprint density at radius 1 is 1.07 bits per heavy atom. The molecule has 0 unspecified atom stereocenters. The number of rotatable bonds is 3. The van der Waals surface area contributed by atoms with E-state index >= 15 is 0 Å². The van der Waals surface area contributed by atoms with Gasteiger partial charge >= 0.3 is 0 Å². The monoisotopic (exact) mass is 376 g/mol. The lowest BCUT2D eigenvalue weighted by atomic mass is 9.90. The molecule has 3 rings (SSSR count). The third kappa shape index (κ3) is 4.89. The molecular weight excluding hydrogens is 344 g/mol. The fourth-order valence-electron chi connectivity index (χ4n) is 3.90. The lowest BCUT2D eigenvalue weighted by Gasteiger charge is -2.39. The first-order valence-corrected chi connectivity index (χ1v) is 9.97. The number of likely N-dealkylation sites (tertiary alicyclic amines) is 1. The molecule has 7 nitrogen and oxygen atoms in total. The predicted octanol–water partition coefficient (Wildman–Crippen LogP) is 1.91. The van der Waals surface area contributed by atoms with Crippen molar-refractivity contribution in [2.75, 3.05) is 39.3 Å². The number of carbonyl (C=O) groups is 2. The molecule has 2 fully saturated rings. The van der Waals surface area contributed by atoms with Crippen LogP contribution in [0.2, 0.25) is 0 Å². The summed E-state index contributed by atoms with van der Waals surface area (Å²) in [6.45, 7) is 13.1. The van der Waals surface area contributed by atoms with Crippen molar-refractivity contribution in [3.8, 4) is 0 Å². The van der Waals surface area contributed by atoms with E-state index in [4.69, 9.17) is 4.52 Å². The number of hydrogen-bond acceptors (Lipinski definition) is 5. The first-order chi connectivity index (χ1) is 12.7. The van der Waals surface area contributed by atoms with Crippen LogP contribution in [0.3, 0.4) is 0 Å². The molecule has 150 valence electrons. The van der Waals surface area contributed by atoms with E-state index in [1.165, 1.54) is 0 Å². The second-order valence-electron chi connectivity index (χ2n) is 8.85. The van der Waals surface area contributed by atoms with Gasteiger partial charge in [-0.25, -0.2) is 0 Å². The lowest BCUT2D eigenvalue weighted by Crippen LogP contribution is -2.52. The van der Waals surface area contributed by atoms with Gasteiger partial charge in [-0.2, -0.15) is 0 Å². The molecule has 1 aromatic rings. The molecule has 2 amide bonds. The molecule has 0 N–H and O–H groups in total. The zero-order chi connectivity index (χ0) is 19.6. The Hall–Kier alpha value is -1.89. The normalized spacial score (nSPS) is 20.1. The van der Waals surface area contributed by atoms with E-state index in [0.29, 0.717) is 13.1 Å². The molecule has 0 aromatic carbocycles. The summed E-state index contributed by atoms with van der Waals surface area (Å²) in [6.07, 6.45) is 1.55. The lowest BCUT2D eigenvalue weighted by molar-refractivity contribution is -0.145. The molecule has 27 heavy (non-hydrogen) atoms. The molecular formula is C20H32N4O3. The fourth-order valence-corrected chi connectivity index (χ4v) is 3.90. The molecule has 2 saturated heterocycles. The van der Waals surface area contributed by atoms with Gasteiger partial charge < -0.3 is 14.3 Å². The van der Waals surface area contributed by atoms with Gasteiger partial charge in [0.25, 0.3) is 0 Å². The Morgan fingerprint density at radius 3 is 2.22 bits per heavy atom. The van der Waals surface area contributed by atoms with Crippen LogP contribution in [0.15, 0.2) is 10.6 Å². The summed E-state index contributed by atoms with van der Waals surface area (Å²) >= 11 is 0. The second kappa shape index (κ2) is 8.00. The number of carbonyl (C=O) groups excluding carboxylic acids is 2. The van der Waals surface area contributed by atoms with Crippen LogP contribution in [-0.4, -0.2) is 70.9 Å². The van der Waals surface area contributed by atoms with Crippen LogP contribution in [0.5, 0.6) is 0 Å². The molecule has 2 aliphatic rings. The van der Waals surface area contributed by atoms with E-state index in [1.54, 1.807) is 0 Å². The second-order valence-corrected chi connectivity index (χ2v) is 8.85. The van der Waals surface area contributed by atoms with E-state index in [9.17, 15) is 9.59 Å². The summed E-state index contributed by atoms with van der Waals surface area (Å²) in [5.74, 6) is 1.37. The third-order valence-corrected chi connectivity index (χ3v) is 5.51. The Morgan fingerprint density at radius 2 is 1.70 bits per heavy atom. The quantitative estimate of drug-likeness (QED) is 0.806. The van der Waals surface area contributed by atoms with Crippen LogP contribution in [-0.2, 0) is 16.1 Å². The topological polar surface area (TPSA) is 69.9 Å². The number of aryl methyl sites for hydroxylation is 1. The highest BCUT2D eigenvalue weighted by molar-refractivity contribution is 5.82. The first-order valence-electron chi connectivity index (χ1n) is 9.97. The van der Waals surface area contributed by atoms with Crippen molar-refractivity contribution in [3.05, 3.63) is 17.5 Å². The van der Waals surface area contributed by atoms with E-state index in [0.717, 1.165) is 57.0 Å². The predicted molar refractivity (Wildman–Crippen MR) is 102 cm³/mol. The number of amides is 2. The molecule has 0 atom stereocenters. The van der Waals surface area contributed by atoms with Gasteiger partial charge in [0.15, 0.2) is 5.76 Å². The van der Waals surface area contributed by atoms with Crippen molar-refractivity contribution in [2.45, 2.75) is 47.1 Å². The van der Waals surface area contributed by atoms with Crippen LogP contribution < -0.4 is 0 Å². The van der Waals surface area contributed by atoms with Gasteiger partial charge in [0.1, 0.15) is 0 Å². The van der Waals surface area contributed by atoms with Crippen LogP contribution in [0, 0.1) is 18.3 Å². The number of hydrogen-bond donors (Lipinski definition) is 0. The Bertz CT molecular complexity index is 663. The van der Waals surface area contributed by atoms with Crippen LogP contribution >= 0.6 is 0 Å².